The first-order valence-corrected chi connectivity index (χ1v) is 4.80. The molecule has 0 saturated carbocycles. The molecule has 2 aromatic rings. The van der Waals surface area contributed by atoms with Crippen molar-refractivity contribution in [3.63, 3.8) is 0 Å². The lowest BCUT2D eigenvalue weighted by Crippen LogP contribution is -2.07. The van der Waals surface area contributed by atoms with Gasteiger partial charge in [0.05, 0.1) is 5.69 Å². The number of hydrogen-bond donors (Lipinski definition) is 1. The first-order valence-electron chi connectivity index (χ1n) is 4.80. The minimum atomic E-state index is -0.590. The Morgan fingerprint density at radius 2 is 2.20 bits per heavy atom. The van der Waals surface area contributed by atoms with Gasteiger partial charge in [0.15, 0.2) is 0 Å². The van der Waals surface area contributed by atoms with Crippen molar-refractivity contribution in [2.75, 3.05) is 0 Å². The van der Waals surface area contributed by atoms with E-state index in [1.807, 2.05) is 37.1 Å². The molecule has 0 spiro atoms. The van der Waals surface area contributed by atoms with E-state index in [2.05, 4.69) is 10.1 Å². The molecule has 1 N–H and O–H groups in total. The van der Waals surface area contributed by atoms with Gasteiger partial charge in [0.1, 0.15) is 11.9 Å². The Morgan fingerprint density at radius 1 is 1.40 bits per heavy atom. The minimum absolute atomic E-state index is 0.487. The molecule has 1 unspecified atom stereocenters. The van der Waals surface area contributed by atoms with Crippen LogP contribution in [0.15, 0.2) is 24.7 Å². The highest BCUT2D eigenvalue weighted by Crippen LogP contribution is 2.14. The maximum atomic E-state index is 9.90. The monoisotopic (exact) mass is 206 g/mol. The maximum Gasteiger partial charge on any atom is 0.111 e. The quantitative estimate of drug-likeness (QED) is 0.792. The molecule has 5 heteroatoms. The van der Waals surface area contributed by atoms with Gasteiger partial charge in [-0.15, -0.1) is 0 Å². The summed E-state index contributed by atoms with van der Waals surface area (Å²) in [5.74, 6) is 0.855. The van der Waals surface area contributed by atoms with Gasteiger partial charge in [-0.3, -0.25) is 4.68 Å². The third kappa shape index (κ3) is 2.07. The molecule has 0 radical (unpaired) electrons. The highest BCUT2D eigenvalue weighted by molar-refractivity contribution is 5.06. The van der Waals surface area contributed by atoms with Crippen molar-refractivity contribution in [1.82, 2.24) is 19.3 Å². The lowest BCUT2D eigenvalue weighted by atomic mass is 10.2. The Bertz CT molecular complexity index is 446. The smallest absolute Gasteiger partial charge is 0.111 e. The molecule has 0 aliphatic carbocycles. The summed E-state index contributed by atoms with van der Waals surface area (Å²) >= 11 is 0. The normalized spacial score (nSPS) is 13.0. The van der Waals surface area contributed by atoms with Gasteiger partial charge in [-0.05, 0) is 6.07 Å². The van der Waals surface area contributed by atoms with Gasteiger partial charge in [-0.2, -0.15) is 5.10 Å². The molecule has 0 bridgehead atoms. The molecule has 0 aliphatic heterocycles. The first kappa shape index (κ1) is 9.92. The molecule has 0 saturated heterocycles. The first-order chi connectivity index (χ1) is 7.16. The molecule has 2 heterocycles. The second-order valence-corrected chi connectivity index (χ2v) is 3.59. The Hall–Kier alpha value is -1.62. The van der Waals surface area contributed by atoms with Crippen LogP contribution < -0.4 is 0 Å². The average molecular weight is 206 g/mol. The standard InChI is InChI=1S/C10H14N4O/c1-13-6-4-11-10(13)7-9(15)8-3-5-14(2)12-8/h3-6,9,15H,7H2,1-2H3. The van der Waals surface area contributed by atoms with E-state index in [1.165, 1.54) is 0 Å². The topological polar surface area (TPSA) is 55.9 Å². The van der Waals surface area contributed by atoms with E-state index in [9.17, 15) is 5.11 Å². The third-order valence-electron chi connectivity index (χ3n) is 2.37. The van der Waals surface area contributed by atoms with Crippen LogP contribution in [-0.4, -0.2) is 24.4 Å². The van der Waals surface area contributed by atoms with Crippen LogP contribution in [0.3, 0.4) is 0 Å². The molecule has 0 fully saturated rings. The summed E-state index contributed by atoms with van der Waals surface area (Å²) in [7, 11) is 3.74. The highest BCUT2D eigenvalue weighted by atomic mass is 16.3. The van der Waals surface area contributed by atoms with Crippen LogP contribution in [0.2, 0.25) is 0 Å². The summed E-state index contributed by atoms with van der Waals surface area (Å²) in [5, 5.41) is 14.1. The predicted molar refractivity (Wildman–Crippen MR) is 55.1 cm³/mol. The SMILES string of the molecule is Cn1ccc(C(O)Cc2nccn2C)n1. The summed E-state index contributed by atoms with van der Waals surface area (Å²) in [5.41, 5.74) is 0.681. The molecule has 0 aromatic carbocycles. The molecule has 80 valence electrons. The molecule has 0 aliphatic rings. The number of aromatic nitrogens is 4. The molecule has 1 atom stereocenters. The zero-order chi connectivity index (χ0) is 10.8. The van der Waals surface area contributed by atoms with E-state index in [0.29, 0.717) is 12.1 Å². The van der Waals surface area contributed by atoms with Crippen LogP contribution in [0.1, 0.15) is 17.6 Å². The number of hydrogen-bond acceptors (Lipinski definition) is 3. The number of nitrogens with zero attached hydrogens (tertiary/aromatic N) is 4. The molecule has 15 heavy (non-hydrogen) atoms. The van der Waals surface area contributed by atoms with Gasteiger partial charge in [0.2, 0.25) is 0 Å². The number of aliphatic hydroxyl groups excluding tert-OH is 1. The number of imidazole rings is 1. The zero-order valence-corrected chi connectivity index (χ0v) is 8.83. The van der Waals surface area contributed by atoms with Gasteiger partial charge in [0.25, 0.3) is 0 Å². The molecule has 5 nitrogen and oxygen atoms in total. The van der Waals surface area contributed by atoms with E-state index in [0.717, 1.165) is 5.82 Å². The van der Waals surface area contributed by atoms with Crippen molar-refractivity contribution in [3.05, 3.63) is 36.2 Å². The second kappa shape index (κ2) is 3.86. The van der Waals surface area contributed by atoms with Crippen molar-refractivity contribution in [2.45, 2.75) is 12.5 Å². The second-order valence-electron chi connectivity index (χ2n) is 3.59. The van der Waals surface area contributed by atoms with Crippen molar-refractivity contribution in [2.24, 2.45) is 14.1 Å². The number of aliphatic hydroxyl groups is 1. The molecule has 2 rings (SSSR count). The van der Waals surface area contributed by atoms with Gasteiger partial charge in [0, 0.05) is 39.1 Å². The zero-order valence-electron chi connectivity index (χ0n) is 8.83. The molecular weight excluding hydrogens is 192 g/mol. The molecular formula is C10H14N4O. The van der Waals surface area contributed by atoms with E-state index >= 15 is 0 Å². The van der Waals surface area contributed by atoms with Crippen LogP contribution in [0.5, 0.6) is 0 Å². The lowest BCUT2D eigenvalue weighted by molar-refractivity contribution is 0.169. The van der Waals surface area contributed by atoms with Crippen LogP contribution in [-0.2, 0) is 20.5 Å². The summed E-state index contributed by atoms with van der Waals surface area (Å²) in [6.45, 7) is 0. The van der Waals surface area contributed by atoms with E-state index < -0.39 is 6.10 Å². The average Bonchev–Trinajstić information content (AvgIpc) is 2.77. The summed E-state index contributed by atoms with van der Waals surface area (Å²) in [4.78, 5) is 4.16. The van der Waals surface area contributed by atoms with Crippen molar-refractivity contribution in [3.8, 4) is 0 Å². The Balaban J connectivity index is 2.10. The molecule has 2 aromatic heterocycles. The molecule has 0 amide bonds. The van der Waals surface area contributed by atoms with Gasteiger partial charge < -0.3 is 9.67 Å². The lowest BCUT2D eigenvalue weighted by Gasteiger charge is -2.07. The van der Waals surface area contributed by atoms with Crippen LogP contribution >= 0.6 is 0 Å². The van der Waals surface area contributed by atoms with Crippen LogP contribution in [0.4, 0.5) is 0 Å². The fourth-order valence-corrected chi connectivity index (χ4v) is 1.48. The van der Waals surface area contributed by atoms with Crippen molar-refractivity contribution >= 4 is 0 Å². The Kier molecular flexibility index (Phi) is 2.55. The summed E-state index contributed by atoms with van der Waals surface area (Å²) in [6, 6.07) is 1.81. The summed E-state index contributed by atoms with van der Waals surface area (Å²) < 4.78 is 3.57. The Labute approximate surface area is 88.0 Å². The van der Waals surface area contributed by atoms with Crippen LogP contribution in [0.25, 0.3) is 0 Å². The fourth-order valence-electron chi connectivity index (χ4n) is 1.48. The fraction of sp³-hybridized carbons (Fsp3) is 0.400. The van der Waals surface area contributed by atoms with Gasteiger partial charge >= 0.3 is 0 Å². The number of rotatable bonds is 3. The van der Waals surface area contributed by atoms with Gasteiger partial charge in [-0.1, -0.05) is 0 Å². The highest BCUT2D eigenvalue weighted by Gasteiger charge is 2.13. The van der Waals surface area contributed by atoms with E-state index in [-0.39, 0.29) is 0 Å². The minimum Gasteiger partial charge on any atom is -0.386 e. The van der Waals surface area contributed by atoms with E-state index in [1.54, 1.807) is 10.9 Å². The number of aryl methyl sites for hydroxylation is 2. The maximum absolute atomic E-state index is 9.90. The summed E-state index contributed by atoms with van der Waals surface area (Å²) in [6.07, 6.45) is 5.30. The van der Waals surface area contributed by atoms with E-state index in [4.69, 9.17) is 0 Å². The van der Waals surface area contributed by atoms with Crippen LogP contribution in [0, 0.1) is 0 Å². The van der Waals surface area contributed by atoms with Gasteiger partial charge in [-0.25, -0.2) is 4.98 Å². The third-order valence-corrected chi connectivity index (χ3v) is 2.37. The van der Waals surface area contributed by atoms with Crippen molar-refractivity contribution in [1.29, 1.82) is 0 Å². The predicted octanol–water partition coefficient (Wildman–Crippen LogP) is 0.430. The largest absolute Gasteiger partial charge is 0.386 e. The Morgan fingerprint density at radius 3 is 2.73 bits per heavy atom. The van der Waals surface area contributed by atoms with Crippen molar-refractivity contribution < 1.29 is 5.11 Å².